The van der Waals surface area contributed by atoms with E-state index >= 15 is 0 Å². The van der Waals surface area contributed by atoms with Gasteiger partial charge in [0.25, 0.3) is 5.91 Å². The lowest BCUT2D eigenvalue weighted by Gasteiger charge is -2.28. The van der Waals surface area contributed by atoms with Crippen LogP contribution in [0, 0.1) is 0 Å². The molecule has 0 aliphatic carbocycles. The highest BCUT2D eigenvalue weighted by molar-refractivity contribution is 6.20. The number of benzene rings is 3. The molecule has 6 nitrogen and oxygen atoms in total. The molecule has 0 radical (unpaired) electrons. The number of aliphatic hydroxyl groups is 1. The summed E-state index contributed by atoms with van der Waals surface area (Å²) in [4.78, 5) is 28.7. The number of hydrogen-bond acceptors (Lipinski definition) is 5. The zero-order valence-corrected chi connectivity index (χ0v) is 20.6. The second kappa shape index (κ2) is 8.72. The minimum atomic E-state index is -0.908. The molecule has 1 aliphatic heterocycles. The molecule has 2 heterocycles. The highest BCUT2D eigenvalue weighted by atomic mass is 16.5. The van der Waals surface area contributed by atoms with Crippen LogP contribution < -0.4 is 9.64 Å². The molecule has 0 fully saturated rings. The number of ketones is 1. The van der Waals surface area contributed by atoms with Crippen LogP contribution in [0.1, 0.15) is 48.5 Å². The number of methoxy groups -OCH3 is 1. The number of furan rings is 1. The molecule has 0 bridgehead atoms. The number of nitrogens with zero attached hydrogens (tertiary/aromatic N) is 1. The van der Waals surface area contributed by atoms with Gasteiger partial charge in [0.1, 0.15) is 11.3 Å². The van der Waals surface area contributed by atoms with Crippen molar-refractivity contribution in [2.24, 2.45) is 0 Å². The zero-order valence-electron chi connectivity index (χ0n) is 20.6. The molecule has 1 unspecified atom stereocenters. The van der Waals surface area contributed by atoms with Gasteiger partial charge < -0.3 is 14.3 Å². The fourth-order valence-electron chi connectivity index (χ4n) is 4.64. The van der Waals surface area contributed by atoms with Gasteiger partial charge in [-0.25, -0.2) is 0 Å². The molecule has 1 amide bonds. The molecular formula is C30H27NO5. The van der Waals surface area contributed by atoms with Gasteiger partial charge in [-0.1, -0.05) is 69.3 Å². The van der Waals surface area contributed by atoms with Crippen molar-refractivity contribution in [3.05, 3.63) is 107 Å². The molecule has 4 aromatic rings. The first-order valence-corrected chi connectivity index (χ1v) is 11.7. The highest BCUT2D eigenvalue weighted by Crippen LogP contribution is 2.45. The van der Waals surface area contributed by atoms with Crippen LogP contribution in [0.25, 0.3) is 11.0 Å². The maximum absolute atomic E-state index is 13.8. The lowest BCUT2D eigenvalue weighted by Crippen LogP contribution is -2.31. The second-order valence-electron chi connectivity index (χ2n) is 9.86. The van der Waals surface area contributed by atoms with Crippen molar-refractivity contribution in [2.75, 3.05) is 12.0 Å². The summed E-state index contributed by atoms with van der Waals surface area (Å²) in [7, 11) is 1.53. The Morgan fingerprint density at radius 1 is 0.972 bits per heavy atom. The molecule has 1 aliphatic rings. The number of rotatable bonds is 5. The lowest BCUT2D eigenvalue weighted by atomic mass is 9.87. The summed E-state index contributed by atoms with van der Waals surface area (Å²) in [5.41, 5.74) is 2.66. The largest absolute Gasteiger partial charge is 0.503 e. The second-order valence-corrected chi connectivity index (χ2v) is 9.86. The number of carbonyl (C=O) groups excluding carboxylic acids is 2. The van der Waals surface area contributed by atoms with E-state index in [0.717, 1.165) is 10.9 Å². The molecule has 3 aromatic carbocycles. The number of anilines is 1. The van der Waals surface area contributed by atoms with E-state index in [2.05, 4.69) is 20.8 Å². The van der Waals surface area contributed by atoms with Crippen LogP contribution in [-0.4, -0.2) is 23.9 Å². The van der Waals surface area contributed by atoms with E-state index in [1.807, 2.05) is 54.6 Å². The first kappa shape index (κ1) is 23.4. The summed E-state index contributed by atoms with van der Waals surface area (Å²) in [5, 5.41) is 11.8. The van der Waals surface area contributed by atoms with Crippen LogP contribution in [0.15, 0.2) is 94.6 Å². The number of amides is 1. The van der Waals surface area contributed by atoms with Gasteiger partial charge in [0, 0.05) is 16.6 Å². The van der Waals surface area contributed by atoms with Crippen molar-refractivity contribution in [1.82, 2.24) is 0 Å². The van der Waals surface area contributed by atoms with E-state index in [0.29, 0.717) is 22.6 Å². The van der Waals surface area contributed by atoms with E-state index in [1.165, 1.54) is 12.0 Å². The predicted molar refractivity (Wildman–Crippen MR) is 139 cm³/mol. The first-order valence-electron chi connectivity index (χ1n) is 11.7. The zero-order chi connectivity index (χ0) is 25.6. The Morgan fingerprint density at radius 2 is 1.64 bits per heavy atom. The number of hydrogen-bond donors (Lipinski definition) is 1. The molecule has 182 valence electrons. The molecule has 1 N–H and O–H groups in total. The predicted octanol–water partition coefficient (Wildman–Crippen LogP) is 6.52. The third-order valence-corrected chi connectivity index (χ3v) is 6.55. The molecule has 36 heavy (non-hydrogen) atoms. The average molecular weight is 482 g/mol. The van der Waals surface area contributed by atoms with Crippen LogP contribution in [0.4, 0.5) is 5.69 Å². The standard InChI is InChI=1S/C30H27NO5/c1-30(2,3)19-13-15-20(16-14-19)31-26(21-10-6-8-12-23(21)35-4)25(28(33)29(31)34)27(32)24-17-18-9-5-7-11-22(18)36-24/h5-17,26,33H,1-4H3. The Morgan fingerprint density at radius 3 is 2.31 bits per heavy atom. The quantitative estimate of drug-likeness (QED) is 0.328. The van der Waals surface area contributed by atoms with Gasteiger partial charge >= 0.3 is 0 Å². The monoisotopic (exact) mass is 481 g/mol. The van der Waals surface area contributed by atoms with Gasteiger partial charge in [-0.15, -0.1) is 0 Å². The summed E-state index contributed by atoms with van der Waals surface area (Å²) < 4.78 is 11.4. The van der Waals surface area contributed by atoms with Crippen molar-refractivity contribution in [3.8, 4) is 5.75 Å². The average Bonchev–Trinajstić information content (AvgIpc) is 3.42. The lowest BCUT2D eigenvalue weighted by molar-refractivity contribution is -0.117. The first-order chi connectivity index (χ1) is 17.2. The highest BCUT2D eigenvalue weighted by Gasteiger charge is 2.46. The Labute approximate surface area is 209 Å². The fourth-order valence-corrected chi connectivity index (χ4v) is 4.64. The van der Waals surface area contributed by atoms with Crippen LogP contribution in [0.5, 0.6) is 5.75 Å². The minimum absolute atomic E-state index is 0.0513. The molecule has 5 rings (SSSR count). The summed E-state index contributed by atoms with van der Waals surface area (Å²) in [6, 6.07) is 22.7. The number of fused-ring (bicyclic) bond motifs is 1. The molecule has 0 saturated carbocycles. The van der Waals surface area contributed by atoms with Crippen molar-refractivity contribution in [1.29, 1.82) is 0 Å². The number of para-hydroxylation sites is 2. The molecule has 6 heteroatoms. The smallest absolute Gasteiger partial charge is 0.294 e. The van der Waals surface area contributed by atoms with Gasteiger partial charge in [-0.05, 0) is 41.3 Å². The summed E-state index contributed by atoms with van der Waals surface area (Å²) in [6.45, 7) is 6.33. The Kier molecular flexibility index (Phi) is 5.67. The van der Waals surface area contributed by atoms with E-state index in [1.54, 1.807) is 24.3 Å². The van der Waals surface area contributed by atoms with Gasteiger partial charge in [-0.2, -0.15) is 0 Å². The SMILES string of the molecule is COc1ccccc1C1C(C(=O)c2cc3ccccc3o2)=C(O)C(=O)N1c1ccc(C(C)(C)C)cc1. The van der Waals surface area contributed by atoms with Crippen molar-refractivity contribution in [2.45, 2.75) is 32.2 Å². The van der Waals surface area contributed by atoms with Gasteiger partial charge in [0.05, 0.1) is 18.7 Å². The number of carbonyl (C=O) groups is 2. The van der Waals surface area contributed by atoms with Gasteiger partial charge in [-0.3, -0.25) is 14.5 Å². The van der Waals surface area contributed by atoms with Crippen molar-refractivity contribution in [3.63, 3.8) is 0 Å². The molecule has 1 atom stereocenters. The maximum atomic E-state index is 13.8. The van der Waals surface area contributed by atoms with Gasteiger partial charge in [0.15, 0.2) is 11.5 Å². The number of aliphatic hydroxyl groups excluding tert-OH is 1. The number of ether oxygens (including phenoxy) is 1. The third kappa shape index (κ3) is 3.85. The normalized spacial score (nSPS) is 16.2. The molecular weight excluding hydrogens is 454 g/mol. The Hall–Kier alpha value is -4.32. The summed E-state index contributed by atoms with van der Waals surface area (Å²) >= 11 is 0. The maximum Gasteiger partial charge on any atom is 0.294 e. The van der Waals surface area contributed by atoms with Crippen molar-refractivity contribution < 1.29 is 23.8 Å². The summed E-state index contributed by atoms with van der Waals surface area (Å²) in [5.74, 6) is -1.27. The Balaban J connectivity index is 1.66. The van der Waals surface area contributed by atoms with Crippen molar-refractivity contribution >= 4 is 28.3 Å². The van der Waals surface area contributed by atoms with E-state index in [9.17, 15) is 14.7 Å². The van der Waals surface area contributed by atoms with Crippen LogP contribution in [0.2, 0.25) is 0 Å². The fraction of sp³-hybridized carbons (Fsp3) is 0.200. The van der Waals surface area contributed by atoms with Gasteiger partial charge in [0.2, 0.25) is 5.78 Å². The Bertz CT molecular complexity index is 1470. The van der Waals surface area contributed by atoms with E-state index < -0.39 is 23.5 Å². The van der Waals surface area contributed by atoms with E-state index in [-0.39, 0.29) is 16.7 Å². The molecule has 1 aromatic heterocycles. The van der Waals surface area contributed by atoms with Crippen LogP contribution in [-0.2, 0) is 10.2 Å². The van der Waals surface area contributed by atoms with E-state index in [4.69, 9.17) is 9.15 Å². The summed E-state index contributed by atoms with van der Waals surface area (Å²) in [6.07, 6.45) is 0. The minimum Gasteiger partial charge on any atom is -0.503 e. The number of Topliss-reactive ketones (excluding diaryl/α,β-unsaturated/α-hetero) is 1. The van der Waals surface area contributed by atoms with Crippen LogP contribution in [0.3, 0.4) is 0 Å². The third-order valence-electron chi connectivity index (χ3n) is 6.55. The molecule has 0 spiro atoms. The van der Waals surface area contributed by atoms with Crippen LogP contribution >= 0.6 is 0 Å². The topological polar surface area (TPSA) is 80.0 Å². The molecule has 0 saturated heterocycles.